The summed E-state index contributed by atoms with van der Waals surface area (Å²) in [6.45, 7) is 0. The van der Waals surface area contributed by atoms with E-state index in [1.165, 1.54) is 8.80 Å². The third kappa shape index (κ3) is 24.1. The Hall–Kier alpha value is 1.98. The van der Waals surface area contributed by atoms with Crippen molar-refractivity contribution in [3.63, 3.8) is 0 Å². The molecule has 0 saturated carbocycles. The van der Waals surface area contributed by atoms with Crippen molar-refractivity contribution in [3.05, 3.63) is 0 Å². The fourth-order valence-electron chi connectivity index (χ4n) is 0. The molecule has 0 fully saturated rings. The third-order valence-electron chi connectivity index (χ3n) is 0. The second kappa shape index (κ2) is 5.98. The van der Waals surface area contributed by atoms with Crippen LogP contribution in [-0.2, 0) is 35.8 Å². The quantitative estimate of drug-likeness (QED) is 0.417. The van der Waals surface area contributed by atoms with E-state index in [-0.39, 0.29) is 33.4 Å². The minimum absolute atomic E-state index is 0. The molecular weight excluding hydrogens is 171 g/mol. The summed E-state index contributed by atoms with van der Waals surface area (Å²) in [5, 5.41) is 0. The fraction of sp³-hybridized carbons (Fsp3) is 1.00. The topological polar surface area (TPSA) is 0 Å². The van der Waals surface area contributed by atoms with Crippen LogP contribution in [0.4, 0.5) is 0 Å². The molecule has 0 spiro atoms. The molecule has 0 bridgehead atoms. The van der Waals surface area contributed by atoms with Gasteiger partial charge in [-0.25, -0.2) is 0 Å². The van der Waals surface area contributed by atoms with Gasteiger partial charge in [-0.15, -0.1) is 0 Å². The van der Waals surface area contributed by atoms with Gasteiger partial charge in [0.2, 0.25) is 0 Å². The van der Waals surface area contributed by atoms with Crippen LogP contribution in [-0.4, -0.2) is 20.5 Å². The molecule has 29 valence electrons. The normalized spacial score (nSPS) is 6.00. The van der Waals surface area contributed by atoms with Crippen LogP contribution in [0.3, 0.4) is 0 Å². The van der Waals surface area contributed by atoms with Gasteiger partial charge in [0.25, 0.3) is 0 Å². The minimum atomic E-state index is -0.250. The summed E-state index contributed by atoms with van der Waals surface area (Å²) in [4.78, 5) is 0. The van der Waals surface area contributed by atoms with E-state index in [0.717, 1.165) is 0 Å². The van der Waals surface area contributed by atoms with Gasteiger partial charge in [-0.05, 0) is 0 Å². The first kappa shape index (κ1) is 10.1. The number of rotatable bonds is 0. The Kier molecular flexibility index (Phi) is 12.0. The maximum Gasteiger partial charge on any atom is 0 e. The van der Waals surface area contributed by atoms with Crippen LogP contribution in [0, 0.1) is 0 Å². The van der Waals surface area contributed by atoms with Crippen LogP contribution >= 0.6 is 0 Å². The van der Waals surface area contributed by atoms with Crippen LogP contribution in [0.5, 0.6) is 0 Å². The summed E-state index contributed by atoms with van der Waals surface area (Å²) >= 11 is 3.59. The molecule has 0 aromatic rings. The van der Waals surface area contributed by atoms with E-state index in [9.17, 15) is 0 Å². The molecule has 0 aliphatic rings. The molecule has 0 radical (unpaired) electrons. The zero-order chi connectivity index (χ0) is 3.58. The van der Waals surface area contributed by atoms with E-state index in [0.29, 0.717) is 0 Å². The summed E-state index contributed by atoms with van der Waals surface area (Å²) in [5.74, 6) is 2.26. The molecule has 0 rings (SSSR count). The molecule has 0 nitrogen and oxygen atoms in total. The van der Waals surface area contributed by atoms with Crippen molar-refractivity contribution in [3.8, 4) is 0 Å². The second-order valence-corrected chi connectivity index (χ2v) is 15.3. The van der Waals surface area contributed by atoms with Crippen molar-refractivity contribution in [2.75, 3.05) is 0 Å². The van der Waals surface area contributed by atoms with Gasteiger partial charge in [0, 0.05) is 21.7 Å². The Morgan fingerprint density at radius 1 is 1.80 bits per heavy atom. The smallest absolute Gasteiger partial charge is 0 e. The molecule has 0 unspecified atom stereocenters. The summed E-state index contributed by atoms with van der Waals surface area (Å²) < 4.78 is 0. The van der Waals surface area contributed by atoms with Gasteiger partial charge in [-0.2, -0.15) is 0 Å². The average Bonchev–Trinajstić information content (AvgIpc) is 0.811. The molecule has 0 amide bonds. The van der Waals surface area contributed by atoms with E-state index in [1.54, 1.807) is 0 Å². The SMILES string of the molecule is [CH3][Al]([SiH3])[Fe].[Ti]. The molecule has 0 atom stereocenters. The molecule has 5 heavy (non-hydrogen) atoms. The molecule has 0 N–H and O–H groups in total. The van der Waals surface area contributed by atoms with Crippen LogP contribution in [0.2, 0.25) is 5.79 Å². The molecule has 0 aliphatic heterocycles. The van der Waals surface area contributed by atoms with Gasteiger partial charge in [0.15, 0.2) is 0 Å². The largest absolute Gasteiger partial charge is 0 e. The standard InChI is InChI=1S/CH3.Al.Fe.H3Si.Ti/h1H3;;;1H3;. The molecule has 0 saturated heterocycles. The van der Waals surface area contributed by atoms with Crippen molar-refractivity contribution in [1.82, 2.24) is 0 Å². The Balaban J connectivity index is 0. The Morgan fingerprint density at radius 2 is 1.80 bits per heavy atom. The van der Waals surface area contributed by atoms with Crippen molar-refractivity contribution >= 4 is 20.5 Å². The van der Waals surface area contributed by atoms with Crippen LogP contribution in [0.1, 0.15) is 0 Å². The Labute approximate surface area is 61.5 Å². The Bertz CT molecular complexity index is 16.4. The van der Waals surface area contributed by atoms with Gasteiger partial charge in [-0.1, -0.05) is 0 Å². The summed E-state index contributed by atoms with van der Waals surface area (Å²) in [6.07, 6.45) is 0. The van der Waals surface area contributed by atoms with Crippen molar-refractivity contribution < 1.29 is 35.8 Å². The van der Waals surface area contributed by atoms with Crippen LogP contribution < -0.4 is 0 Å². The third-order valence-corrected chi connectivity index (χ3v) is 0. The zero-order valence-corrected chi connectivity index (χ0v) is 9.25. The van der Waals surface area contributed by atoms with Crippen LogP contribution in [0.15, 0.2) is 0 Å². The van der Waals surface area contributed by atoms with Gasteiger partial charge in [0.05, 0.1) is 0 Å². The van der Waals surface area contributed by atoms with Crippen molar-refractivity contribution in [2.45, 2.75) is 5.79 Å². The molecule has 4 heteroatoms. The molecule has 0 aromatic carbocycles. The molecule has 0 heterocycles. The first-order valence-electron chi connectivity index (χ1n) is 1.36. The van der Waals surface area contributed by atoms with Crippen LogP contribution in [0.25, 0.3) is 0 Å². The van der Waals surface area contributed by atoms with Gasteiger partial charge < -0.3 is 0 Å². The summed E-state index contributed by atoms with van der Waals surface area (Å²) in [5.41, 5.74) is 0. The van der Waals surface area contributed by atoms with Crippen molar-refractivity contribution in [1.29, 1.82) is 0 Å². The number of hydrogen-bond acceptors (Lipinski definition) is 0. The Morgan fingerprint density at radius 3 is 1.80 bits per heavy atom. The predicted molar refractivity (Wildman–Crippen MR) is 21.6 cm³/mol. The zero-order valence-electron chi connectivity index (χ0n) is 3.43. The van der Waals surface area contributed by atoms with E-state index < -0.39 is 0 Å². The predicted octanol–water partition coefficient (Wildman–Crippen LogP) is -0.986. The van der Waals surface area contributed by atoms with Gasteiger partial charge in [-0.3, -0.25) is 0 Å². The summed E-state index contributed by atoms with van der Waals surface area (Å²) in [6, 6.07) is 0. The maximum absolute atomic E-state index is 3.84. The minimum Gasteiger partial charge on any atom is 0 e. The van der Waals surface area contributed by atoms with Gasteiger partial charge in [0.1, 0.15) is 0 Å². The van der Waals surface area contributed by atoms with E-state index in [4.69, 9.17) is 0 Å². The molecular formula is CH6AlFeSiTi. The first-order valence-corrected chi connectivity index (χ1v) is 9.45. The van der Waals surface area contributed by atoms with E-state index in [1.807, 2.05) is 0 Å². The average molecular weight is 177 g/mol. The molecule has 0 aliphatic carbocycles. The van der Waals surface area contributed by atoms with E-state index >= 15 is 0 Å². The maximum atomic E-state index is 3.84. The monoisotopic (exact) mass is 177 g/mol. The number of hydrogen-bond donors (Lipinski definition) is 0. The van der Waals surface area contributed by atoms with Crippen molar-refractivity contribution in [2.24, 2.45) is 0 Å². The van der Waals surface area contributed by atoms with E-state index in [2.05, 4.69) is 19.9 Å². The fourth-order valence-corrected chi connectivity index (χ4v) is 0. The molecule has 0 aromatic heterocycles. The van der Waals surface area contributed by atoms with Gasteiger partial charge >= 0.3 is 40.4 Å². The second-order valence-electron chi connectivity index (χ2n) is 0.986. The summed E-state index contributed by atoms with van der Waals surface area (Å²) in [7, 11) is 1.38. The first-order chi connectivity index (χ1) is 1.73.